The van der Waals surface area contributed by atoms with Gasteiger partial charge in [-0.2, -0.15) is 9.50 Å². The highest BCUT2D eigenvalue weighted by atomic mass is 32.1. The molecule has 3 heterocycles. The Balaban J connectivity index is 1.35. The minimum Gasteiger partial charge on any atom is -0.493 e. The Hall–Kier alpha value is -4.76. The van der Waals surface area contributed by atoms with E-state index in [0.717, 1.165) is 11.1 Å². The van der Waals surface area contributed by atoms with Gasteiger partial charge in [-0.1, -0.05) is 60.4 Å². The molecule has 0 aliphatic rings. The molecule has 0 unspecified atom stereocenters. The van der Waals surface area contributed by atoms with Gasteiger partial charge in [-0.3, -0.25) is 9.59 Å². The molecule has 190 valence electrons. The normalized spacial score (nSPS) is 11.9. The fourth-order valence-corrected chi connectivity index (χ4v) is 4.62. The predicted molar refractivity (Wildman–Crippen MR) is 148 cm³/mol. The zero-order valence-electron chi connectivity index (χ0n) is 20.7. The molecule has 0 N–H and O–H groups in total. The van der Waals surface area contributed by atoms with E-state index >= 15 is 0 Å². The summed E-state index contributed by atoms with van der Waals surface area (Å²) in [5.74, 6) is 2.82. The van der Waals surface area contributed by atoms with E-state index in [1.165, 1.54) is 22.8 Å². The predicted octanol–water partition coefficient (Wildman–Crippen LogP) is 4.91. The van der Waals surface area contributed by atoms with Gasteiger partial charge in [0.05, 0.1) is 7.11 Å². The highest BCUT2D eigenvalue weighted by Gasteiger charge is 2.11. The van der Waals surface area contributed by atoms with Crippen LogP contribution in [0.4, 0.5) is 0 Å². The summed E-state index contributed by atoms with van der Waals surface area (Å²) >= 11 is 1.23. The summed E-state index contributed by atoms with van der Waals surface area (Å²) in [6.07, 6.45) is 6.91. The third kappa shape index (κ3) is 5.18. The van der Waals surface area contributed by atoms with Gasteiger partial charge in [-0.25, -0.2) is 0 Å². The summed E-state index contributed by atoms with van der Waals surface area (Å²) in [7, 11) is 1.58. The van der Waals surface area contributed by atoms with Crippen LogP contribution in [0.2, 0.25) is 0 Å². The van der Waals surface area contributed by atoms with Gasteiger partial charge in [0.2, 0.25) is 4.96 Å². The van der Waals surface area contributed by atoms with Crippen LogP contribution in [0.3, 0.4) is 0 Å². The molecule has 0 spiro atoms. The number of fused-ring (bicyclic) bond motifs is 1. The number of furan rings is 1. The maximum Gasteiger partial charge on any atom is 0.291 e. The van der Waals surface area contributed by atoms with E-state index in [4.69, 9.17) is 13.9 Å². The van der Waals surface area contributed by atoms with Crippen LogP contribution in [0, 0.1) is 0 Å². The van der Waals surface area contributed by atoms with E-state index in [2.05, 4.69) is 16.7 Å². The molecule has 0 saturated carbocycles. The van der Waals surface area contributed by atoms with Crippen LogP contribution >= 0.6 is 11.3 Å². The minimum atomic E-state index is -0.272. The Morgan fingerprint density at radius 3 is 2.63 bits per heavy atom. The van der Waals surface area contributed by atoms with Crippen molar-refractivity contribution in [2.45, 2.75) is 6.92 Å². The second-order valence-electron chi connectivity index (χ2n) is 8.26. The van der Waals surface area contributed by atoms with Gasteiger partial charge >= 0.3 is 0 Å². The first-order valence-corrected chi connectivity index (χ1v) is 12.5. The number of Topliss-reactive ketones (excluding diaryl/α,β-unsaturated/α-hetero) is 1. The van der Waals surface area contributed by atoms with Gasteiger partial charge in [-0.05, 0) is 42.8 Å². The van der Waals surface area contributed by atoms with Gasteiger partial charge in [0.1, 0.15) is 22.7 Å². The molecule has 2 aromatic carbocycles. The number of ketones is 1. The number of methoxy groups -OCH3 is 1. The number of ether oxygens (including phenoxy) is 2. The molecule has 0 atom stereocenters. The van der Waals surface area contributed by atoms with E-state index in [0.29, 0.717) is 50.5 Å². The largest absolute Gasteiger partial charge is 0.493 e. The Kier molecular flexibility index (Phi) is 7.01. The van der Waals surface area contributed by atoms with Gasteiger partial charge in [0.25, 0.3) is 5.56 Å². The molecule has 9 heteroatoms. The number of rotatable bonds is 9. The van der Waals surface area contributed by atoms with E-state index < -0.39 is 0 Å². The number of hydrogen-bond acceptors (Lipinski definition) is 8. The van der Waals surface area contributed by atoms with E-state index in [9.17, 15) is 9.59 Å². The lowest BCUT2D eigenvalue weighted by Crippen LogP contribution is -2.23. The van der Waals surface area contributed by atoms with Crippen molar-refractivity contribution in [1.29, 1.82) is 0 Å². The molecular formula is C29H23N3O5S. The molecule has 0 radical (unpaired) electrons. The second kappa shape index (κ2) is 10.7. The first-order valence-electron chi connectivity index (χ1n) is 11.7. The summed E-state index contributed by atoms with van der Waals surface area (Å²) in [6, 6.07) is 16.3. The Labute approximate surface area is 221 Å². The minimum absolute atomic E-state index is 0.00635. The first-order chi connectivity index (χ1) is 18.4. The molecular weight excluding hydrogens is 502 g/mol. The Bertz CT molecular complexity index is 1780. The van der Waals surface area contributed by atoms with Crippen LogP contribution in [-0.2, 0) is 0 Å². The lowest BCUT2D eigenvalue weighted by molar-refractivity contribution is 0.101. The lowest BCUT2D eigenvalue weighted by Gasteiger charge is -2.09. The van der Waals surface area contributed by atoms with Crippen LogP contribution in [-0.4, -0.2) is 34.1 Å². The SMILES string of the molecule is C=CCOc1ccc(/C=C/c2nc3s/c(=C\c4ccc(-c5ccc(C(C)=O)cc5)o4)c(=O)n3n2)cc1OC. The number of hydrogen-bond donors (Lipinski definition) is 0. The van der Waals surface area contributed by atoms with Crippen molar-refractivity contribution < 1.29 is 18.7 Å². The van der Waals surface area contributed by atoms with Crippen molar-refractivity contribution in [1.82, 2.24) is 14.6 Å². The Morgan fingerprint density at radius 2 is 1.92 bits per heavy atom. The smallest absolute Gasteiger partial charge is 0.291 e. The van der Waals surface area contributed by atoms with Crippen molar-refractivity contribution in [3.8, 4) is 22.8 Å². The monoisotopic (exact) mass is 525 g/mol. The van der Waals surface area contributed by atoms with Gasteiger partial charge < -0.3 is 13.9 Å². The zero-order valence-corrected chi connectivity index (χ0v) is 21.5. The molecule has 0 aliphatic carbocycles. The third-order valence-corrected chi connectivity index (χ3v) is 6.60. The van der Waals surface area contributed by atoms with Crippen molar-refractivity contribution in [2.24, 2.45) is 0 Å². The highest BCUT2D eigenvalue weighted by Crippen LogP contribution is 2.29. The second-order valence-corrected chi connectivity index (χ2v) is 9.27. The Morgan fingerprint density at radius 1 is 1.11 bits per heavy atom. The van der Waals surface area contributed by atoms with Gasteiger partial charge in [0.15, 0.2) is 23.1 Å². The molecule has 0 bridgehead atoms. The maximum absolute atomic E-state index is 12.9. The number of carbonyl (C=O) groups excluding carboxylic acids is 1. The summed E-state index contributed by atoms with van der Waals surface area (Å²) in [5, 5.41) is 4.34. The molecule has 0 fully saturated rings. The van der Waals surface area contributed by atoms with Crippen molar-refractivity contribution in [3.63, 3.8) is 0 Å². The van der Waals surface area contributed by atoms with E-state index in [1.807, 2.05) is 42.5 Å². The fourth-order valence-electron chi connectivity index (χ4n) is 3.73. The van der Waals surface area contributed by atoms with Crippen LogP contribution in [0.25, 0.3) is 34.5 Å². The number of nitrogens with zero attached hydrogens (tertiary/aromatic N) is 3. The topological polar surface area (TPSA) is 95.9 Å². The molecule has 0 aliphatic heterocycles. The average Bonchev–Trinajstić information content (AvgIpc) is 3.63. The van der Waals surface area contributed by atoms with Crippen LogP contribution < -0.4 is 19.6 Å². The first kappa shape index (κ1) is 24.9. The van der Waals surface area contributed by atoms with Crippen molar-refractivity contribution in [2.75, 3.05) is 13.7 Å². The third-order valence-electron chi connectivity index (χ3n) is 5.64. The van der Waals surface area contributed by atoms with Crippen LogP contribution in [0.15, 0.2) is 76.5 Å². The number of benzene rings is 2. The number of aromatic nitrogens is 3. The molecule has 38 heavy (non-hydrogen) atoms. The summed E-state index contributed by atoms with van der Waals surface area (Å²) in [4.78, 5) is 29.3. The van der Waals surface area contributed by atoms with Crippen molar-refractivity contribution >= 4 is 40.3 Å². The standard InChI is InChI=1S/C29H23N3O5S/c1-4-15-36-24-12-5-19(16-25(24)35-3)6-14-27-30-29-32(31-27)28(34)26(38-29)17-22-11-13-23(37-22)21-9-7-20(8-10-21)18(2)33/h4-14,16-17H,1,15H2,2-3H3/b14-6+,26-17-. The van der Waals surface area contributed by atoms with Gasteiger partial charge in [-0.15, -0.1) is 5.10 Å². The maximum atomic E-state index is 12.9. The van der Waals surface area contributed by atoms with Gasteiger partial charge in [0, 0.05) is 17.2 Å². The summed E-state index contributed by atoms with van der Waals surface area (Å²) < 4.78 is 18.6. The molecule has 3 aromatic heterocycles. The molecule has 8 nitrogen and oxygen atoms in total. The average molecular weight is 526 g/mol. The van der Waals surface area contributed by atoms with Crippen LogP contribution in [0.1, 0.15) is 34.4 Å². The van der Waals surface area contributed by atoms with Crippen molar-refractivity contribution in [3.05, 3.63) is 105 Å². The molecule has 0 saturated heterocycles. The zero-order chi connectivity index (χ0) is 26.6. The van der Waals surface area contributed by atoms with E-state index in [-0.39, 0.29) is 11.3 Å². The van der Waals surface area contributed by atoms with E-state index in [1.54, 1.807) is 43.5 Å². The quantitative estimate of drug-likeness (QED) is 0.199. The fraction of sp³-hybridized carbons (Fsp3) is 0.103. The van der Waals surface area contributed by atoms with Crippen LogP contribution in [0.5, 0.6) is 11.5 Å². The molecule has 5 rings (SSSR count). The number of thiazole rings is 1. The summed E-state index contributed by atoms with van der Waals surface area (Å²) in [6.45, 7) is 5.56. The lowest BCUT2D eigenvalue weighted by atomic mass is 10.1. The number of carbonyl (C=O) groups is 1. The summed E-state index contributed by atoms with van der Waals surface area (Å²) in [5.41, 5.74) is 2.07. The molecule has 0 amide bonds. The molecule has 5 aromatic rings. The highest BCUT2D eigenvalue weighted by molar-refractivity contribution is 7.15.